The molecule has 1 spiro atoms. The Morgan fingerprint density at radius 3 is 2.21 bits per heavy atom. The van der Waals surface area contributed by atoms with E-state index in [9.17, 15) is 5.11 Å². The average Bonchev–Trinajstić information content (AvgIpc) is 2.86. The van der Waals surface area contributed by atoms with Gasteiger partial charge in [-0.15, -0.1) is 0 Å². The fourth-order valence-electron chi connectivity index (χ4n) is 3.99. The molecule has 1 nitrogen and oxygen atoms in total. The molecule has 0 bridgehead atoms. The second-order valence-electron chi connectivity index (χ2n) is 6.70. The molecule has 2 fully saturated rings. The predicted octanol–water partition coefficient (Wildman–Crippen LogP) is 4.97. The standard InChI is InChI=1S/C17H23ClO/c1-13-4-5-14(12-15(13)18)17(19)10-8-16(9-11-17)6-2-3-7-16/h4-5,12,19H,2-3,6-11H2,1H3. The molecule has 0 unspecified atom stereocenters. The molecule has 1 aromatic carbocycles. The third kappa shape index (κ3) is 2.43. The van der Waals surface area contributed by atoms with Gasteiger partial charge in [0.1, 0.15) is 0 Å². The SMILES string of the molecule is Cc1ccc(C2(O)CCC3(CCCC3)CC2)cc1Cl. The number of aliphatic hydroxyl groups is 1. The molecule has 0 heterocycles. The Kier molecular flexibility index (Phi) is 3.39. The summed E-state index contributed by atoms with van der Waals surface area (Å²) in [6.07, 6.45) is 9.65. The fourth-order valence-corrected chi connectivity index (χ4v) is 4.17. The van der Waals surface area contributed by atoms with E-state index in [4.69, 9.17) is 11.6 Å². The number of halogens is 1. The highest BCUT2D eigenvalue weighted by atomic mass is 35.5. The molecule has 0 aromatic heterocycles. The maximum absolute atomic E-state index is 10.9. The Morgan fingerprint density at radius 2 is 1.63 bits per heavy atom. The molecule has 1 aromatic rings. The van der Waals surface area contributed by atoms with Gasteiger partial charge in [-0.3, -0.25) is 0 Å². The van der Waals surface area contributed by atoms with Gasteiger partial charge in [0.15, 0.2) is 0 Å². The molecule has 0 aliphatic heterocycles. The average molecular weight is 279 g/mol. The van der Waals surface area contributed by atoms with Crippen LogP contribution in [0.1, 0.15) is 62.5 Å². The molecule has 0 amide bonds. The molecule has 104 valence electrons. The van der Waals surface area contributed by atoms with E-state index in [0.29, 0.717) is 5.41 Å². The summed E-state index contributed by atoms with van der Waals surface area (Å²) in [5.41, 5.74) is 2.00. The molecule has 2 aliphatic rings. The summed E-state index contributed by atoms with van der Waals surface area (Å²) in [4.78, 5) is 0. The second kappa shape index (κ2) is 4.79. The monoisotopic (exact) mass is 278 g/mol. The van der Waals surface area contributed by atoms with Crippen LogP contribution in [0.4, 0.5) is 0 Å². The van der Waals surface area contributed by atoms with Crippen LogP contribution in [0.5, 0.6) is 0 Å². The summed E-state index contributed by atoms with van der Waals surface area (Å²) in [5.74, 6) is 0. The third-order valence-corrected chi connectivity index (χ3v) is 5.92. The maximum atomic E-state index is 10.9. The van der Waals surface area contributed by atoms with Gasteiger partial charge in [0, 0.05) is 5.02 Å². The minimum Gasteiger partial charge on any atom is -0.385 e. The van der Waals surface area contributed by atoms with Gasteiger partial charge in [-0.05, 0) is 68.1 Å². The Hall–Kier alpha value is -0.530. The van der Waals surface area contributed by atoms with Crippen molar-refractivity contribution in [1.29, 1.82) is 0 Å². The van der Waals surface area contributed by atoms with Crippen LogP contribution in [0.25, 0.3) is 0 Å². The van der Waals surface area contributed by atoms with Gasteiger partial charge in [-0.25, -0.2) is 0 Å². The summed E-state index contributed by atoms with van der Waals surface area (Å²) < 4.78 is 0. The van der Waals surface area contributed by atoms with Gasteiger partial charge < -0.3 is 5.11 Å². The van der Waals surface area contributed by atoms with E-state index in [1.54, 1.807) is 0 Å². The zero-order valence-corrected chi connectivity index (χ0v) is 12.5. The third-order valence-electron chi connectivity index (χ3n) is 5.51. The van der Waals surface area contributed by atoms with Crippen LogP contribution in [-0.4, -0.2) is 5.11 Å². The van der Waals surface area contributed by atoms with E-state index >= 15 is 0 Å². The summed E-state index contributed by atoms with van der Waals surface area (Å²) in [5, 5.41) is 11.7. The van der Waals surface area contributed by atoms with Crippen molar-refractivity contribution in [2.75, 3.05) is 0 Å². The van der Waals surface area contributed by atoms with Gasteiger partial charge >= 0.3 is 0 Å². The molecule has 0 saturated heterocycles. The zero-order chi connectivity index (χ0) is 13.5. The fraction of sp³-hybridized carbons (Fsp3) is 0.647. The van der Waals surface area contributed by atoms with Crippen molar-refractivity contribution in [3.63, 3.8) is 0 Å². The minimum absolute atomic E-state index is 0.556. The number of benzene rings is 1. The highest BCUT2D eigenvalue weighted by Gasteiger charge is 2.43. The van der Waals surface area contributed by atoms with Crippen molar-refractivity contribution in [3.8, 4) is 0 Å². The van der Waals surface area contributed by atoms with E-state index in [2.05, 4.69) is 0 Å². The highest BCUT2D eigenvalue weighted by molar-refractivity contribution is 6.31. The number of aryl methyl sites for hydroxylation is 1. The second-order valence-corrected chi connectivity index (χ2v) is 7.11. The lowest BCUT2D eigenvalue weighted by Gasteiger charge is -2.42. The van der Waals surface area contributed by atoms with Crippen molar-refractivity contribution in [1.82, 2.24) is 0 Å². The molecule has 0 radical (unpaired) electrons. The van der Waals surface area contributed by atoms with Crippen LogP contribution in [0.15, 0.2) is 18.2 Å². The smallest absolute Gasteiger partial charge is 0.0897 e. The zero-order valence-electron chi connectivity index (χ0n) is 11.7. The molecule has 2 heteroatoms. The van der Waals surface area contributed by atoms with Crippen LogP contribution < -0.4 is 0 Å². The summed E-state index contributed by atoms with van der Waals surface area (Å²) in [6, 6.07) is 6.03. The molecule has 19 heavy (non-hydrogen) atoms. The van der Waals surface area contributed by atoms with Crippen molar-refractivity contribution in [2.45, 2.75) is 63.9 Å². The van der Waals surface area contributed by atoms with Gasteiger partial charge in [-0.1, -0.05) is 36.6 Å². The van der Waals surface area contributed by atoms with Crippen LogP contribution in [0.3, 0.4) is 0 Å². The topological polar surface area (TPSA) is 20.2 Å². The van der Waals surface area contributed by atoms with Gasteiger partial charge in [0.2, 0.25) is 0 Å². The minimum atomic E-state index is -0.648. The molecular weight excluding hydrogens is 256 g/mol. The van der Waals surface area contributed by atoms with Crippen LogP contribution in [-0.2, 0) is 5.60 Å². The molecular formula is C17H23ClO. The van der Waals surface area contributed by atoms with Gasteiger partial charge in [0.05, 0.1) is 5.60 Å². The quantitative estimate of drug-likeness (QED) is 0.769. The first-order chi connectivity index (χ1) is 9.03. The summed E-state index contributed by atoms with van der Waals surface area (Å²) in [6.45, 7) is 2.00. The predicted molar refractivity (Wildman–Crippen MR) is 79.5 cm³/mol. The summed E-state index contributed by atoms with van der Waals surface area (Å²) >= 11 is 6.20. The first-order valence-electron chi connectivity index (χ1n) is 7.52. The van der Waals surface area contributed by atoms with E-state index in [1.807, 2.05) is 25.1 Å². The Bertz CT molecular complexity index is 464. The molecule has 2 aliphatic carbocycles. The molecule has 1 N–H and O–H groups in total. The van der Waals surface area contributed by atoms with Gasteiger partial charge in [-0.2, -0.15) is 0 Å². The molecule has 3 rings (SSSR count). The van der Waals surface area contributed by atoms with E-state index < -0.39 is 5.60 Å². The van der Waals surface area contributed by atoms with E-state index in [1.165, 1.54) is 38.5 Å². The Morgan fingerprint density at radius 1 is 1.00 bits per heavy atom. The van der Waals surface area contributed by atoms with Crippen LogP contribution in [0, 0.1) is 12.3 Å². The van der Waals surface area contributed by atoms with Crippen molar-refractivity contribution in [3.05, 3.63) is 34.3 Å². The lowest BCUT2D eigenvalue weighted by atomic mass is 9.66. The lowest BCUT2D eigenvalue weighted by molar-refractivity contribution is -0.0376. The maximum Gasteiger partial charge on any atom is 0.0897 e. The highest BCUT2D eigenvalue weighted by Crippen LogP contribution is 2.53. The number of rotatable bonds is 1. The summed E-state index contributed by atoms with van der Waals surface area (Å²) in [7, 11) is 0. The van der Waals surface area contributed by atoms with Crippen molar-refractivity contribution >= 4 is 11.6 Å². The molecule has 2 saturated carbocycles. The van der Waals surface area contributed by atoms with Crippen LogP contribution in [0.2, 0.25) is 5.02 Å². The normalized spacial score (nSPS) is 24.8. The van der Waals surface area contributed by atoms with Gasteiger partial charge in [0.25, 0.3) is 0 Å². The van der Waals surface area contributed by atoms with Crippen LogP contribution >= 0.6 is 11.6 Å². The first kappa shape index (κ1) is 13.5. The van der Waals surface area contributed by atoms with Crippen molar-refractivity contribution in [2.24, 2.45) is 5.41 Å². The Balaban J connectivity index is 1.79. The van der Waals surface area contributed by atoms with E-state index in [0.717, 1.165) is 29.0 Å². The molecule has 0 atom stereocenters. The van der Waals surface area contributed by atoms with Crippen molar-refractivity contribution < 1.29 is 5.11 Å². The Labute approximate surface area is 121 Å². The number of hydrogen-bond donors (Lipinski definition) is 1. The van der Waals surface area contributed by atoms with E-state index in [-0.39, 0.29) is 0 Å². The lowest BCUT2D eigenvalue weighted by Crippen LogP contribution is -2.36. The first-order valence-corrected chi connectivity index (χ1v) is 7.90. The largest absolute Gasteiger partial charge is 0.385 e. The number of hydrogen-bond acceptors (Lipinski definition) is 1.